The van der Waals surface area contributed by atoms with Crippen LogP contribution in [0.15, 0.2) is 71.6 Å². The highest BCUT2D eigenvalue weighted by atomic mass is 35.5. The van der Waals surface area contributed by atoms with Crippen molar-refractivity contribution in [2.75, 3.05) is 5.32 Å². The number of rotatable bonds is 6. The molecule has 3 aromatic rings. The molecular weight excluding hydrogens is 508 g/mol. The molecule has 0 saturated heterocycles. The van der Waals surface area contributed by atoms with Gasteiger partial charge in [-0.2, -0.15) is 0 Å². The highest BCUT2D eigenvalue weighted by Gasteiger charge is 2.44. The molecule has 1 heterocycles. The molecular formula is C26H22ClF2N3O3S. The second-order valence-electron chi connectivity index (χ2n) is 8.32. The summed E-state index contributed by atoms with van der Waals surface area (Å²) in [6.45, 7) is 1.41. The Morgan fingerprint density at radius 3 is 2.39 bits per heavy atom. The lowest BCUT2D eigenvalue weighted by molar-refractivity contribution is -0.144. The van der Waals surface area contributed by atoms with E-state index in [0.29, 0.717) is 22.3 Å². The first kappa shape index (κ1) is 25.7. The van der Waals surface area contributed by atoms with Crippen LogP contribution in [0.1, 0.15) is 23.3 Å². The molecule has 3 aromatic carbocycles. The number of amides is 3. The van der Waals surface area contributed by atoms with Crippen LogP contribution < -0.4 is 11.1 Å². The summed E-state index contributed by atoms with van der Waals surface area (Å²) in [6.07, 6.45) is -0.455. The molecule has 36 heavy (non-hydrogen) atoms. The Morgan fingerprint density at radius 1 is 1.08 bits per heavy atom. The molecule has 0 saturated carbocycles. The number of hydrogen-bond donors (Lipinski definition) is 2. The predicted molar refractivity (Wildman–Crippen MR) is 134 cm³/mol. The van der Waals surface area contributed by atoms with Crippen molar-refractivity contribution < 1.29 is 23.2 Å². The van der Waals surface area contributed by atoms with Crippen LogP contribution in [-0.2, 0) is 20.8 Å². The first-order valence-electron chi connectivity index (χ1n) is 11.0. The number of nitrogens with two attached hydrogens (primary N) is 1. The third-order valence-corrected chi connectivity index (χ3v) is 7.58. The second kappa shape index (κ2) is 10.7. The molecule has 3 N–H and O–H groups in total. The molecule has 0 fully saturated rings. The predicted octanol–water partition coefficient (Wildman–Crippen LogP) is 4.72. The quantitative estimate of drug-likeness (QED) is 0.483. The van der Waals surface area contributed by atoms with Crippen LogP contribution >= 0.6 is 23.4 Å². The van der Waals surface area contributed by atoms with Crippen molar-refractivity contribution in [3.05, 3.63) is 94.5 Å². The minimum Gasteiger partial charge on any atom is -0.368 e. The molecule has 6 nitrogen and oxygen atoms in total. The SMILES string of the molecule is C[C@@H](C(N)=O)N(C(=O)Cc1cc(F)cc(F)c1)[C@@H]1C(=O)Nc2ccccc2S[C@@H]1c1ccccc1Cl. The fourth-order valence-electron chi connectivity index (χ4n) is 4.16. The van der Waals surface area contributed by atoms with E-state index in [-0.39, 0.29) is 5.56 Å². The maximum atomic E-state index is 13.8. The summed E-state index contributed by atoms with van der Waals surface area (Å²) < 4.78 is 27.6. The molecule has 0 radical (unpaired) electrons. The maximum absolute atomic E-state index is 13.8. The second-order valence-corrected chi connectivity index (χ2v) is 9.91. The van der Waals surface area contributed by atoms with Gasteiger partial charge in [0.1, 0.15) is 23.7 Å². The van der Waals surface area contributed by atoms with E-state index < -0.39 is 53.1 Å². The zero-order valence-corrected chi connectivity index (χ0v) is 20.7. The van der Waals surface area contributed by atoms with Crippen LogP contribution in [0, 0.1) is 11.6 Å². The van der Waals surface area contributed by atoms with Gasteiger partial charge in [0.2, 0.25) is 17.7 Å². The number of hydrogen-bond acceptors (Lipinski definition) is 4. The van der Waals surface area contributed by atoms with Gasteiger partial charge in [-0.3, -0.25) is 14.4 Å². The van der Waals surface area contributed by atoms with Crippen LogP contribution in [0.2, 0.25) is 5.02 Å². The molecule has 1 aliphatic heterocycles. The highest BCUT2D eigenvalue weighted by molar-refractivity contribution is 7.99. The summed E-state index contributed by atoms with van der Waals surface area (Å²) in [5.41, 5.74) is 6.76. The average Bonchev–Trinajstić information content (AvgIpc) is 2.95. The van der Waals surface area contributed by atoms with Gasteiger partial charge in [0.05, 0.1) is 17.4 Å². The Bertz CT molecular complexity index is 1320. The van der Waals surface area contributed by atoms with Gasteiger partial charge in [0, 0.05) is 16.0 Å². The van der Waals surface area contributed by atoms with E-state index in [4.69, 9.17) is 17.3 Å². The van der Waals surface area contributed by atoms with Gasteiger partial charge in [-0.25, -0.2) is 8.78 Å². The Hall–Kier alpha value is -3.43. The smallest absolute Gasteiger partial charge is 0.248 e. The van der Waals surface area contributed by atoms with Crippen molar-refractivity contribution in [3.8, 4) is 0 Å². The topological polar surface area (TPSA) is 92.5 Å². The van der Waals surface area contributed by atoms with Gasteiger partial charge in [0.25, 0.3) is 0 Å². The number of fused-ring (bicyclic) bond motifs is 1. The first-order valence-corrected chi connectivity index (χ1v) is 12.3. The van der Waals surface area contributed by atoms with Gasteiger partial charge in [-0.05, 0) is 48.4 Å². The maximum Gasteiger partial charge on any atom is 0.248 e. The molecule has 0 spiro atoms. The van der Waals surface area contributed by atoms with E-state index in [1.807, 2.05) is 12.1 Å². The molecule has 3 atom stereocenters. The molecule has 0 unspecified atom stereocenters. The van der Waals surface area contributed by atoms with Crippen LogP contribution in [-0.4, -0.2) is 34.7 Å². The van der Waals surface area contributed by atoms with Crippen LogP contribution in [0.25, 0.3) is 0 Å². The van der Waals surface area contributed by atoms with Gasteiger partial charge in [-0.15, -0.1) is 11.8 Å². The molecule has 3 amide bonds. The Balaban J connectivity index is 1.83. The highest BCUT2D eigenvalue weighted by Crippen LogP contribution is 2.47. The number of primary amides is 1. The largest absolute Gasteiger partial charge is 0.368 e. The number of carbonyl (C=O) groups is 3. The van der Waals surface area contributed by atoms with E-state index in [1.165, 1.54) is 18.7 Å². The van der Waals surface area contributed by atoms with Crippen molar-refractivity contribution >= 4 is 46.8 Å². The van der Waals surface area contributed by atoms with Gasteiger partial charge in [0.15, 0.2) is 0 Å². The number of thioether (sulfide) groups is 1. The zero-order chi connectivity index (χ0) is 26.0. The molecule has 186 valence electrons. The molecule has 10 heteroatoms. The number of para-hydroxylation sites is 1. The lowest BCUT2D eigenvalue weighted by atomic mass is 9.99. The van der Waals surface area contributed by atoms with Crippen molar-refractivity contribution in [1.82, 2.24) is 4.90 Å². The minimum atomic E-state index is -1.23. The summed E-state index contributed by atoms with van der Waals surface area (Å²) in [5, 5.41) is 2.48. The molecule has 0 bridgehead atoms. The fraction of sp³-hybridized carbons (Fsp3) is 0.192. The molecule has 0 aliphatic carbocycles. The molecule has 0 aromatic heterocycles. The summed E-state index contributed by atoms with van der Waals surface area (Å²) in [7, 11) is 0. The van der Waals surface area contributed by atoms with Gasteiger partial charge in [-0.1, -0.05) is 41.9 Å². The molecule has 4 rings (SSSR count). The van der Waals surface area contributed by atoms with Gasteiger partial charge < -0.3 is 16.0 Å². The summed E-state index contributed by atoms with van der Waals surface area (Å²) >= 11 is 7.83. The fourth-order valence-corrected chi connectivity index (χ4v) is 5.87. The normalized spacial score (nSPS) is 17.9. The third-order valence-electron chi connectivity index (χ3n) is 5.86. The monoisotopic (exact) mass is 529 g/mol. The van der Waals surface area contributed by atoms with Crippen LogP contribution in [0.4, 0.5) is 14.5 Å². The van der Waals surface area contributed by atoms with E-state index in [2.05, 4.69) is 5.32 Å². The summed E-state index contributed by atoms with van der Waals surface area (Å²) in [6, 6.07) is 14.3. The van der Waals surface area contributed by atoms with Crippen molar-refractivity contribution in [2.45, 2.75) is 35.6 Å². The van der Waals surface area contributed by atoms with E-state index in [0.717, 1.165) is 21.9 Å². The number of anilines is 1. The van der Waals surface area contributed by atoms with E-state index in [1.54, 1.807) is 36.4 Å². The van der Waals surface area contributed by atoms with E-state index >= 15 is 0 Å². The number of nitrogens with zero attached hydrogens (tertiary/aromatic N) is 1. The van der Waals surface area contributed by atoms with Crippen LogP contribution in [0.3, 0.4) is 0 Å². The number of benzene rings is 3. The summed E-state index contributed by atoms with van der Waals surface area (Å²) in [5.74, 6) is -3.79. The lowest BCUT2D eigenvalue weighted by Crippen LogP contribution is -2.57. The zero-order valence-electron chi connectivity index (χ0n) is 19.1. The van der Waals surface area contributed by atoms with Gasteiger partial charge >= 0.3 is 0 Å². The lowest BCUT2D eigenvalue weighted by Gasteiger charge is -2.37. The number of carbonyl (C=O) groups excluding carboxylic acids is 3. The Morgan fingerprint density at radius 2 is 1.72 bits per heavy atom. The third kappa shape index (κ3) is 5.37. The number of halogens is 3. The van der Waals surface area contributed by atoms with Crippen molar-refractivity contribution in [2.24, 2.45) is 5.73 Å². The molecule has 1 aliphatic rings. The van der Waals surface area contributed by atoms with Crippen molar-refractivity contribution in [3.63, 3.8) is 0 Å². The standard InChI is InChI=1S/C26H22ClF2N3O3S/c1-14(25(30)34)32(22(33)12-15-10-16(28)13-17(29)11-15)23-24(18-6-2-3-7-19(18)27)36-21-9-5-4-8-20(21)31-26(23)35/h2-11,13-14,23-24H,12H2,1H3,(H2,30,34)(H,31,35)/t14-,23-,24+/m0/s1. The average molecular weight is 530 g/mol. The number of nitrogens with one attached hydrogen (secondary N) is 1. The van der Waals surface area contributed by atoms with Crippen LogP contribution in [0.5, 0.6) is 0 Å². The minimum absolute atomic E-state index is 0.0541. The first-order chi connectivity index (χ1) is 17.2. The summed E-state index contributed by atoms with van der Waals surface area (Å²) in [4.78, 5) is 41.4. The Labute approximate surface area is 215 Å². The van der Waals surface area contributed by atoms with Crippen molar-refractivity contribution in [1.29, 1.82) is 0 Å². The van der Waals surface area contributed by atoms with E-state index in [9.17, 15) is 23.2 Å². The Kier molecular flexibility index (Phi) is 7.61.